The molecule has 0 bridgehead atoms. The summed E-state index contributed by atoms with van der Waals surface area (Å²) in [6.45, 7) is 0.259. The molecule has 0 aliphatic carbocycles. The van der Waals surface area contributed by atoms with Crippen LogP contribution in [0.5, 0.6) is 0 Å². The molecular formula is C20H15ClFN3. The van der Waals surface area contributed by atoms with Crippen LogP contribution in [0.1, 0.15) is 28.4 Å². The van der Waals surface area contributed by atoms with Gasteiger partial charge in [0.25, 0.3) is 0 Å². The Hall–Kier alpha value is -2.74. The molecule has 1 atom stereocenters. The van der Waals surface area contributed by atoms with Crippen LogP contribution in [-0.4, -0.2) is 4.98 Å². The van der Waals surface area contributed by atoms with Crippen molar-refractivity contribution < 1.29 is 4.39 Å². The number of aromatic nitrogens is 1. The van der Waals surface area contributed by atoms with Crippen molar-refractivity contribution in [2.24, 2.45) is 0 Å². The number of nitrogens with one attached hydrogen (secondary N) is 1. The van der Waals surface area contributed by atoms with E-state index in [0.717, 1.165) is 11.3 Å². The lowest BCUT2D eigenvalue weighted by Crippen LogP contribution is -2.23. The quantitative estimate of drug-likeness (QED) is 0.729. The van der Waals surface area contributed by atoms with Gasteiger partial charge in [-0.15, -0.1) is 0 Å². The van der Waals surface area contributed by atoms with E-state index >= 15 is 0 Å². The summed E-state index contributed by atoms with van der Waals surface area (Å²) in [5.74, 6) is -0.350. The van der Waals surface area contributed by atoms with Crippen molar-refractivity contribution in [1.29, 1.82) is 5.26 Å². The highest BCUT2D eigenvalue weighted by Gasteiger charge is 2.16. The van der Waals surface area contributed by atoms with Crippen molar-refractivity contribution in [1.82, 2.24) is 10.3 Å². The van der Waals surface area contributed by atoms with Gasteiger partial charge < -0.3 is 5.32 Å². The van der Waals surface area contributed by atoms with E-state index in [1.54, 1.807) is 18.3 Å². The normalized spacial score (nSPS) is 11.7. The van der Waals surface area contributed by atoms with E-state index in [4.69, 9.17) is 16.9 Å². The maximum absolute atomic E-state index is 14.0. The van der Waals surface area contributed by atoms with E-state index in [9.17, 15) is 4.39 Å². The summed E-state index contributed by atoms with van der Waals surface area (Å²) in [7, 11) is 0. The highest BCUT2D eigenvalue weighted by molar-refractivity contribution is 6.30. The average molecular weight is 352 g/mol. The van der Waals surface area contributed by atoms with Crippen LogP contribution in [-0.2, 0) is 6.54 Å². The summed E-state index contributed by atoms with van der Waals surface area (Å²) in [6.07, 6.45) is 1.71. The van der Waals surface area contributed by atoms with Gasteiger partial charge in [0.2, 0.25) is 0 Å². The minimum Gasteiger partial charge on any atom is -0.301 e. The predicted octanol–water partition coefficient (Wildman–Crippen LogP) is 4.62. The summed E-state index contributed by atoms with van der Waals surface area (Å²) in [6, 6.07) is 19.2. The summed E-state index contributed by atoms with van der Waals surface area (Å²) >= 11 is 6.11. The molecule has 3 nitrogen and oxygen atoms in total. The summed E-state index contributed by atoms with van der Waals surface area (Å²) in [5.41, 5.74) is 2.60. The Bertz CT molecular complexity index is 906. The molecule has 25 heavy (non-hydrogen) atoms. The standard InChI is InChI=1S/C20H15ClFN3/c21-17-5-3-4-15(11-17)20(19-6-1-2-9-24-19)25-13-16-10-14(12-23)7-8-18(16)22/h1-11,20,25H,13H2/t20-/m0/s1. The molecule has 5 heteroatoms. The molecule has 124 valence electrons. The van der Waals surface area contributed by atoms with E-state index in [1.807, 2.05) is 42.5 Å². The lowest BCUT2D eigenvalue weighted by Gasteiger charge is -2.19. The number of nitrogens with zero attached hydrogens (tertiary/aromatic N) is 2. The Morgan fingerprint density at radius 1 is 1.12 bits per heavy atom. The van der Waals surface area contributed by atoms with Crippen LogP contribution in [0.15, 0.2) is 66.9 Å². The first kappa shape index (κ1) is 17.1. The number of hydrogen-bond donors (Lipinski definition) is 1. The topological polar surface area (TPSA) is 48.7 Å². The second kappa shape index (κ2) is 7.89. The molecule has 2 aromatic carbocycles. The SMILES string of the molecule is N#Cc1ccc(F)c(CN[C@@H](c2cccc(Cl)c2)c2ccccn2)c1. The van der Waals surface area contributed by atoms with Crippen LogP contribution in [0.25, 0.3) is 0 Å². The minimum absolute atomic E-state index is 0.245. The van der Waals surface area contributed by atoms with E-state index in [1.165, 1.54) is 12.1 Å². The predicted molar refractivity (Wildman–Crippen MR) is 95.5 cm³/mol. The van der Waals surface area contributed by atoms with Crippen molar-refractivity contribution in [2.45, 2.75) is 12.6 Å². The fourth-order valence-electron chi connectivity index (χ4n) is 2.62. The Balaban J connectivity index is 1.90. The molecule has 3 aromatic rings. The third-order valence-electron chi connectivity index (χ3n) is 3.84. The molecule has 0 saturated heterocycles. The fourth-order valence-corrected chi connectivity index (χ4v) is 2.82. The van der Waals surface area contributed by atoms with E-state index in [2.05, 4.69) is 10.3 Å². The van der Waals surface area contributed by atoms with Crippen molar-refractivity contribution in [3.63, 3.8) is 0 Å². The maximum atomic E-state index is 14.0. The first-order chi connectivity index (χ1) is 12.2. The second-order valence-electron chi connectivity index (χ2n) is 5.54. The zero-order chi connectivity index (χ0) is 17.6. The third kappa shape index (κ3) is 4.21. The lowest BCUT2D eigenvalue weighted by atomic mass is 10.0. The van der Waals surface area contributed by atoms with Crippen molar-refractivity contribution in [3.05, 3.63) is 100 Å². The van der Waals surface area contributed by atoms with Gasteiger partial charge in [-0.25, -0.2) is 4.39 Å². The summed E-state index contributed by atoms with van der Waals surface area (Å²) < 4.78 is 14.0. The van der Waals surface area contributed by atoms with Gasteiger partial charge in [-0.05, 0) is 48.0 Å². The highest BCUT2D eigenvalue weighted by Crippen LogP contribution is 2.24. The number of nitriles is 1. The van der Waals surface area contributed by atoms with Crippen LogP contribution in [0.2, 0.25) is 5.02 Å². The molecule has 1 heterocycles. The molecule has 0 aliphatic heterocycles. The number of hydrogen-bond acceptors (Lipinski definition) is 3. The monoisotopic (exact) mass is 351 g/mol. The Kier molecular flexibility index (Phi) is 5.39. The van der Waals surface area contributed by atoms with Crippen molar-refractivity contribution in [3.8, 4) is 6.07 Å². The Morgan fingerprint density at radius 3 is 2.72 bits per heavy atom. The number of rotatable bonds is 5. The van der Waals surface area contributed by atoms with Crippen LogP contribution in [0.4, 0.5) is 4.39 Å². The first-order valence-corrected chi connectivity index (χ1v) is 8.13. The van der Waals surface area contributed by atoms with Crippen LogP contribution >= 0.6 is 11.6 Å². The van der Waals surface area contributed by atoms with Crippen LogP contribution < -0.4 is 5.32 Å². The zero-order valence-corrected chi connectivity index (χ0v) is 14.0. The molecule has 0 aliphatic rings. The number of pyridine rings is 1. The van der Waals surface area contributed by atoms with Gasteiger partial charge in [-0.2, -0.15) is 5.26 Å². The summed E-state index contributed by atoms with van der Waals surface area (Å²) in [5, 5.41) is 12.9. The summed E-state index contributed by atoms with van der Waals surface area (Å²) in [4.78, 5) is 4.40. The van der Waals surface area contributed by atoms with Crippen LogP contribution in [0.3, 0.4) is 0 Å². The molecule has 3 rings (SSSR count). The smallest absolute Gasteiger partial charge is 0.127 e. The maximum Gasteiger partial charge on any atom is 0.127 e. The zero-order valence-electron chi connectivity index (χ0n) is 13.3. The van der Waals surface area contributed by atoms with Crippen molar-refractivity contribution in [2.75, 3.05) is 0 Å². The largest absolute Gasteiger partial charge is 0.301 e. The van der Waals surface area contributed by atoms with E-state index in [-0.39, 0.29) is 18.4 Å². The highest BCUT2D eigenvalue weighted by atomic mass is 35.5. The van der Waals surface area contributed by atoms with Gasteiger partial charge in [0.05, 0.1) is 23.4 Å². The van der Waals surface area contributed by atoms with Gasteiger partial charge in [-0.3, -0.25) is 4.98 Å². The van der Waals surface area contributed by atoms with Gasteiger partial charge >= 0.3 is 0 Å². The van der Waals surface area contributed by atoms with Gasteiger partial charge in [0.1, 0.15) is 5.82 Å². The minimum atomic E-state index is -0.350. The van der Waals surface area contributed by atoms with Crippen molar-refractivity contribution >= 4 is 11.6 Å². The molecule has 0 unspecified atom stereocenters. The Labute approximate surface area is 150 Å². The molecule has 1 N–H and O–H groups in total. The molecular weight excluding hydrogens is 337 g/mol. The van der Waals surface area contributed by atoms with E-state index in [0.29, 0.717) is 16.1 Å². The molecule has 0 amide bonds. The molecule has 0 spiro atoms. The molecule has 0 fully saturated rings. The second-order valence-corrected chi connectivity index (χ2v) is 5.98. The fraction of sp³-hybridized carbons (Fsp3) is 0.100. The Morgan fingerprint density at radius 2 is 2.00 bits per heavy atom. The lowest BCUT2D eigenvalue weighted by molar-refractivity contribution is 0.554. The average Bonchev–Trinajstić information content (AvgIpc) is 2.64. The number of benzene rings is 2. The van der Waals surface area contributed by atoms with Gasteiger partial charge in [0, 0.05) is 23.3 Å². The first-order valence-electron chi connectivity index (χ1n) is 7.75. The number of halogens is 2. The van der Waals surface area contributed by atoms with Crippen LogP contribution in [0, 0.1) is 17.1 Å². The van der Waals surface area contributed by atoms with Gasteiger partial charge in [0.15, 0.2) is 0 Å². The molecule has 1 aromatic heterocycles. The molecule has 0 saturated carbocycles. The molecule has 0 radical (unpaired) electrons. The van der Waals surface area contributed by atoms with E-state index < -0.39 is 0 Å². The third-order valence-corrected chi connectivity index (χ3v) is 4.07. The van der Waals surface area contributed by atoms with Gasteiger partial charge in [-0.1, -0.05) is 29.8 Å².